The van der Waals surface area contributed by atoms with E-state index in [2.05, 4.69) is 0 Å². The molecule has 0 aromatic carbocycles. The van der Waals surface area contributed by atoms with Crippen molar-refractivity contribution in [3.8, 4) is 0 Å². The Morgan fingerprint density at radius 2 is 2.33 bits per heavy atom. The van der Waals surface area contributed by atoms with Crippen LogP contribution in [0.2, 0.25) is 0 Å². The lowest BCUT2D eigenvalue weighted by Gasteiger charge is -2.10. The van der Waals surface area contributed by atoms with Crippen molar-refractivity contribution in [1.29, 1.82) is 0 Å². The van der Waals surface area contributed by atoms with Crippen LogP contribution < -0.4 is 5.84 Å². The Labute approximate surface area is 54.2 Å². The Balaban J connectivity index is 3.26. The van der Waals surface area contributed by atoms with Crippen LogP contribution in [0.4, 0.5) is 0 Å². The SMILES string of the molecule is CCCN(N)CC(=O)O. The molecule has 0 saturated carbocycles. The van der Waals surface area contributed by atoms with E-state index in [9.17, 15) is 4.79 Å². The molecular weight excluding hydrogens is 120 g/mol. The van der Waals surface area contributed by atoms with Crippen molar-refractivity contribution >= 4 is 5.97 Å². The average molecular weight is 132 g/mol. The third kappa shape index (κ3) is 5.26. The van der Waals surface area contributed by atoms with E-state index >= 15 is 0 Å². The van der Waals surface area contributed by atoms with Crippen LogP contribution in [0.15, 0.2) is 0 Å². The monoisotopic (exact) mass is 132 g/mol. The highest BCUT2D eigenvalue weighted by molar-refractivity contribution is 5.68. The number of carbonyl (C=O) groups is 1. The van der Waals surface area contributed by atoms with Gasteiger partial charge in [-0.1, -0.05) is 6.92 Å². The minimum absolute atomic E-state index is 0.0756. The summed E-state index contributed by atoms with van der Waals surface area (Å²) in [7, 11) is 0. The molecule has 0 amide bonds. The van der Waals surface area contributed by atoms with Gasteiger partial charge in [0.25, 0.3) is 0 Å². The maximum absolute atomic E-state index is 9.96. The summed E-state index contributed by atoms with van der Waals surface area (Å²) in [4.78, 5) is 9.96. The largest absolute Gasteiger partial charge is 0.480 e. The van der Waals surface area contributed by atoms with Gasteiger partial charge in [0.05, 0.1) is 0 Å². The fraction of sp³-hybridized carbons (Fsp3) is 0.800. The Bertz CT molecular complexity index is 95.0. The van der Waals surface area contributed by atoms with Crippen molar-refractivity contribution in [2.24, 2.45) is 5.84 Å². The van der Waals surface area contributed by atoms with E-state index in [1.165, 1.54) is 5.01 Å². The molecule has 54 valence electrons. The van der Waals surface area contributed by atoms with Crippen LogP contribution in [0.3, 0.4) is 0 Å². The first-order chi connectivity index (χ1) is 4.16. The fourth-order valence-electron chi connectivity index (χ4n) is 0.540. The van der Waals surface area contributed by atoms with Gasteiger partial charge in [0.2, 0.25) is 0 Å². The molecule has 0 fully saturated rings. The lowest BCUT2D eigenvalue weighted by atomic mass is 10.4. The Morgan fingerprint density at radius 3 is 2.67 bits per heavy atom. The zero-order chi connectivity index (χ0) is 7.28. The first kappa shape index (κ1) is 8.39. The molecule has 0 saturated heterocycles. The van der Waals surface area contributed by atoms with Crippen LogP contribution >= 0.6 is 0 Å². The third-order valence-electron chi connectivity index (χ3n) is 0.849. The average Bonchev–Trinajstić information content (AvgIpc) is 1.63. The molecule has 0 unspecified atom stereocenters. The molecule has 4 nitrogen and oxygen atoms in total. The van der Waals surface area contributed by atoms with Crippen molar-refractivity contribution in [1.82, 2.24) is 5.01 Å². The zero-order valence-corrected chi connectivity index (χ0v) is 5.50. The topological polar surface area (TPSA) is 66.6 Å². The number of hydrogen-bond donors (Lipinski definition) is 2. The van der Waals surface area contributed by atoms with E-state index < -0.39 is 5.97 Å². The molecule has 0 atom stereocenters. The van der Waals surface area contributed by atoms with Gasteiger partial charge in [0, 0.05) is 6.54 Å². The molecule has 4 heteroatoms. The molecular formula is C5H12N2O2. The third-order valence-corrected chi connectivity index (χ3v) is 0.849. The number of nitrogens with zero attached hydrogens (tertiary/aromatic N) is 1. The molecule has 0 spiro atoms. The molecule has 0 heterocycles. The van der Waals surface area contributed by atoms with Crippen LogP contribution in [-0.2, 0) is 4.79 Å². The summed E-state index contributed by atoms with van der Waals surface area (Å²) in [6.07, 6.45) is 0.879. The predicted octanol–water partition coefficient (Wildman–Crippen LogP) is -0.343. The van der Waals surface area contributed by atoms with E-state index in [0.717, 1.165) is 6.42 Å². The van der Waals surface area contributed by atoms with Crippen molar-refractivity contribution in [3.05, 3.63) is 0 Å². The van der Waals surface area contributed by atoms with Gasteiger partial charge in [-0.05, 0) is 6.42 Å². The Morgan fingerprint density at radius 1 is 1.78 bits per heavy atom. The fourth-order valence-corrected chi connectivity index (χ4v) is 0.540. The standard InChI is InChI=1S/C5H12N2O2/c1-2-3-7(6)4-5(8)9/h2-4,6H2,1H3,(H,8,9). The molecule has 0 aliphatic carbocycles. The second-order valence-electron chi connectivity index (χ2n) is 1.86. The lowest BCUT2D eigenvalue weighted by molar-refractivity contribution is -0.138. The zero-order valence-electron chi connectivity index (χ0n) is 5.50. The van der Waals surface area contributed by atoms with Gasteiger partial charge in [-0.25, -0.2) is 5.01 Å². The molecule has 0 aromatic heterocycles. The summed E-state index contributed by atoms with van der Waals surface area (Å²) < 4.78 is 0. The normalized spacial score (nSPS) is 10.1. The second kappa shape index (κ2) is 4.29. The predicted molar refractivity (Wildman–Crippen MR) is 33.7 cm³/mol. The molecule has 0 bridgehead atoms. The molecule has 3 N–H and O–H groups in total. The van der Waals surface area contributed by atoms with E-state index in [1.807, 2.05) is 6.92 Å². The van der Waals surface area contributed by atoms with Gasteiger partial charge in [-0.15, -0.1) is 0 Å². The molecule has 0 aliphatic rings. The minimum Gasteiger partial charge on any atom is -0.480 e. The molecule has 0 rings (SSSR count). The van der Waals surface area contributed by atoms with Crippen LogP contribution in [0.1, 0.15) is 13.3 Å². The van der Waals surface area contributed by atoms with Crippen LogP contribution in [0, 0.1) is 0 Å². The first-order valence-corrected chi connectivity index (χ1v) is 2.88. The number of nitrogens with two attached hydrogens (primary N) is 1. The Hall–Kier alpha value is -0.610. The minimum atomic E-state index is -0.883. The van der Waals surface area contributed by atoms with E-state index in [-0.39, 0.29) is 6.54 Å². The van der Waals surface area contributed by atoms with E-state index in [4.69, 9.17) is 10.9 Å². The van der Waals surface area contributed by atoms with E-state index in [1.54, 1.807) is 0 Å². The molecule has 0 aromatic rings. The van der Waals surface area contributed by atoms with Crippen LogP contribution in [0.5, 0.6) is 0 Å². The van der Waals surface area contributed by atoms with Crippen molar-refractivity contribution in [3.63, 3.8) is 0 Å². The highest BCUT2D eigenvalue weighted by Crippen LogP contribution is 1.80. The van der Waals surface area contributed by atoms with Gasteiger partial charge in [0.15, 0.2) is 0 Å². The number of carboxylic acid groups (broad SMARTS) is 1. The number of hydrazine groups is 1. The maximum atomic E-state index is 9.96. The van der Waals surface area contributed by atoms with Gasteiger partial charge in [-0.3, -0.25) is 10.6 Å². The first-order valence-electron chi connectivity index (χ1n) is 2.88. The summed E-state index contributed by atoms with van der Waals surface area (Å²) in [6.45, 7) is 2.50. The maximum Gasteiger partial charge on any atom is 0.319 e. The van der Waals surface area contributed by atoms with Crippen molar-refractivity contribution in [2.45, 2.75) is 13.3 Å². The molecule has 0 aliphatic heterocycles. The van der Waals surface area contributed by atoms with Gasteiger partial charge >= 0.3 is 5.97 Å². The summed E-state index contributed by atoms with van der Waals surface area (Å²) in [5.74, 6) is 4.35. The van der Waals surface area contributed by atoms with Crippen LogP contribution in [-0.4, -0.2) is 29.2 Å². The highest BCUT2D eigenvalue weighted by Gasteiger charge is 2.01. The van der Waals surface area contributed by atoms with Crippen molar-refractivity contribution in [2.75, 3.05) is 13.1 Å². The highest BCUT2D eigenvalue weighted by atomic mass is 16.4. The quantitative estimate of drug-likeness (QED) is 0.405. The number of carboxylic acids is 1. The summed E-state index contributed by atoms with van der Waals surface area (Å²) >= 11 is 0. The van der Waals surface area contributed by atoms with Crippen LogP contribution in [0.25, 0.3) is 0 Å². The lowest BCUT2D eigenvalue weighted by Crippen LogP contribution is -2.36. The summed E-state index contributed by atoms with van der Waals surface area (Å²) in [5, 5.41) is 9.47. The summed E-state index contributed by atoms with van der Waals surface area (Å²) in [5.41, 5.74) is 0. The number of aliphatic carboxylic acids is 1. The van der Waals surface area contributed by atoms with Gasteiger partial charge in [-0.2, -0.15) is 0 Å². The van der Waals surface area contributed by atoms with E-state index in [0.29, 0.717) is 6.54 Å². The number of rotatable bonds is 4. The van der Waals surface area contributed by atoms with Gasteiger partial charge < -0.3 is 5.11 Å². The van der Waals surface area contributed by atoms with Gasteiger partial charge in [0.1, 0.15) is 6.54 Å². The molecule has 0 radical (unpaired) electrons. The number of hydrogen-bond acceptors (Lipinski definition) is 3. The molecule has 9 heavy (non-hydrogen) atoms. The Kier molecular flexibility index (Phi) is 4.00. The second-order valence-corrected chi connectivity index (χ2v) is 1.86. The smallest absolute Gasteiger partial charge is 0.319 e. The van der Waals surface area contributed by atoms with Crippen molar-refractivity contribution < 1.29 is 9.90 Å². The summed E-state index contributed by atoms with van der Waals surface area (Å²) in [6, 6.07) is 0.